The standard InChI is InChI=1S/C12H12N4O2/c1-18-8-4-2-7(3-5-8)9-6-10(11(13)17)16-12(14)15-9/h2-6H,1H3,(H2,13,17)(H2,14,15,16). The average molecular weight is 244 g/mol. The van der Waals surface area contributed by atoms with E-state index in [0.717, 1.165) is 11.3 Å². The third-order valence-electron chi connectivity index (χ3n) is 2.38. The summed E-state index contributed by atoms with van der Waals surface area (Å²) in [7, 11) is 1.59. The lowest BCUT2D eigenvalue weighted by Crippen LogP contribution is -2.15. The molecular formula is C12H12N4O2. The van der Waals surface area contributed by atoms with E-state index in [0.29, 0.717) is 5.69 Å². The highest BCUT2D eigenvalue weighted by molar-refractivity contribution is 5.92. The van der Waals surface area contributed by atoms with Crippen LogP contribution in [-0.2, 0) is 0 Å². The number of nitrogen functional groups attached to an aromatic ring is 1. The summed E-state index contributed by atoms with van der Waals surface area (Å²) < 4.78 is 5.06. The number of hydrogen-bond donors (Lipinski definition) is 2. The third-order valence-corrected chi connectivity index (χ3v) is 2.38. The SMILES string of the molecule is COc1ccc(-c2cc(C(N)=O)nc(N)n2)cc1. The number of primary amides is 1. The van der Waals surface area contributed by atoms with E-state index in [1.54, 1.807) is 19.2 Å². The number of carbonyl (C=O) groups is 1. The number of amides is 1. The summed E-state index contributed by atoms with van der Waals surface area (Å²) in [6.07, 6.45) is 0. The van der Waals surface area contributed by atoms with Gasteiger partial charge in [0.2, 0.25) is 5.95 Å². The van der Waals surface area contributed by atoms with Crippen molar-refractivity contribution in [2.24, 2.45) is 5.73 Å². The fourth-order valence-electron chi connectivity index (χ4n) is 1.50. The number of benzene rings is 1. The minimum atomic E-state index is -0.640. The van der Waals surface area contributed by atoms with Crippen LogP contribution in [0.5, 0.6) is 5.75 Å². The van der Waals surface area contributed by atoms with Gasteiger partial charge in [0.15, 0.2) is 0 Å². The first-order chi connectivity index (χ1) is 8.60. The summed E-state index contributed by atoms with van der Waals surface area (Å²) in [6.45, 7) is 0. The Morgan fingerprint density at radius 1 is 1.22 bits per heavy atom. The van der Waals surface area contributed by atoms with E-state index in [9.17, 15) is 4.79 Å². The van der Waals surface area contributed by atoms with Crippen LogP contribution in [0.4, 0.5) is 5.95 Å². The molecule has 0 spiro atoms. The van der Waals surface area contributed by atoms with Crippen molar-refractivity contribution in [3.05, 3.63) is 36.0 Å². The molecule has 0 fully saturated rings. The lowest BCUT2D eigenvalue weighted by atomic mass is 10.1. The molecule has 0 saturated heterocycles. The monoisotopic (exact) mass is 244 g/mol. The van der Waals surface area contributed by atoms with E-state index in [1.165, 1.54) is 6.07 Å². The Morgan fingerprint density at radius 3 is 2.44 bits per heavy atom. The summed E-state index contributed by atoms with van der Waals surface area (Å²) in [4.78, 5) is 18.9. The highest BCUT2D eigenvalue weighted by atomic mass is 16.5. The molecule has 4 N–H and O–H groups in total. The molecule has 0 unspecified atom stereocenters. The van der Waals surface area contributed by atoms with Gasteiger partial charge in [0.05, 0.1) is 12.8 Å². The fourth-order valence-corrected chi connectivity index (χ4v) is 1.50. The van der Waals surface area contributed by atoms with Gasteiger partial charge in [-0.15, -0.1) is 0 Å². The Bertz CT molecular complexity index is 581. The van der Waals surface area contributed by atoms with E-state index < -0.39 is 5.91 Å². The number of aromatic nitrogens is 2. The zero-order valence-electron chi connectivity index (χ0n) is 9.75. The summed E-state index contributed by atoms with van der Waals surface area (Å²) in [5.41, 5.74) is 12.1. The van der Waals surface area contributed by atoms with Crippen LogP contribution in [0.25, 0.3) is 11.3 Å². The molecule has 0 radical (unpaired) electrons. The number of hydrogen-bond acceptors (Lipinski definition) is 5. The van der Waals surface area contributed by atoms with Crippen molar-refractivity contribution in [2.75, 3.05) is 12.8 Å². The molecule has 0 aliphatic carbocycles. The van der Waals surface area contributed by atoms with Crippen LogP contribution in [0, 0.1) is 0 Å². The van der Waals surface area contributed by atoms with Gasteiger partial charge in [0.1, 0.15) is 11.4 Å². The molecule has 1 heterocycles. The van der Waals surface area contributed by atoms with Crippen LogP contribution < -0.4 is 16.2 Å². The normalized spacial score (nSPS) is 10.1. The quantitative estimate of drug-likeness (QED) is 0.832. The second-order valence-electron chi connectivity index (χ2n) is 3.59. The Balaban J connectivity index is 2.46. The molecule has 1 amide bonds. The van der Waals surface area contributed by atoms with E-state index >= 15 is 0 Å². The summed E-state index contributed by atoms with van der Waals surface area (Å²) in [5, 5.41) is 0. The van der Waals surface area contributed by atoms with Crippen LogP contribution in [0.15, 0.2) is 30.3 Å². The van der Waals surface area contributed by atoms with Crippen LogP contribution in [0.2, 0.25) is 0 Å². The molecule has 1 aromatic heterocycles. The predicted octanol–water partition coefficient (Wildman–Crippen LogP) is 0.833. The number of nitrogens with two attached hydrogens (primary N) is 2. The summed E-state index contributed by atoms with van der Waals surface area (Å²) in [6, 6.07) is 8.70. The van der Waals surface area contributed by atoms with Crippen molar-refractivity contribution in [3.63, 3.8) is 0 Å². The zero-order valence-corrected chi connectivity index (χ0v) is 9.75. The summed E-state index contributed by atoms with van der Waals surface area (Å²) >= 11 is 0. The van der Waals surface area contributed by atoms with Gasteiger partial charge in [-0.05, 0) is 30.3 Å². The Labute approximate surface area is 104 Å². The molecular weight excluding hydrogens is 232 g/mol. The second kappa shape index (κ2) is 4.70. The van der Waals surface area contributed by atoms with Crippen LogP contribution in [0.3, 0.4) is 0 Å². The van der Waals surface area contributed by atoms with Gasteiger partial charge in [-0.2, -0.15) is 0 Å². The van der Waals surface area contributed by atoms with Crippen molar-refractivity contribution in [2.45, 2.75) is 0 Å². The average Bonchev–Trinajstić information content (AvgIpc) is 2.38. The van der Waals surface area contributed by atoms with Gasteiger partial charge in [0.25, 0.3) is 5.91 Å². The van der Waals surface area contributed by atoms with Crippen LogP contribution in [-0.4, -0.2) is 23.0 Å². The predicted molar refractivity (Wildman–Crippen MR) is 67.0 cm³/mol. The van der Waals surface area contributed by atoms with Gasteiger partial charge >= 0.3 is 0 Å². The fraction of sp³-hybridized carbons (Fsp3) is 0.0833. The Kier molecular flexibility index (Phi) is 3.09. The van der Waals surface area contributed by atoms with Crippen LogP contribution in [0.1, 0.15) is 10.5 Å². The van der Waals surface area contributed by atoms with Crippen molar-refractivity contribution < 1.29 is 9.53 Å². The maximum absolute atomic E-state index is 11.1. The number of ether oxygens (including phenoxy) is 1. The topological polar surface area (TPSA) is 104 Å². The third kappa shape index (κ3) is 2.37. The minimum Gasteiger partial charge on any atom is -0.497 e. The number of nitrogens with zero attached hydrogens (tertiary/aromatic N) is 2. The van der Waals surface area contributed by atoms with E-state index in [-0.39, 0.29) is 11.6 Å². The largest absolute Gasteiger partial charge is 0.497 e. The van der Waals surface area contributed by atoms with Gasteiger partial charge in [-0.3, -0.25) is 4.79 Å². The van der Waals surface area contributed by atoms with Crippen molar-refractivity contribution in [3.8, 4) is 17.0 Å². The minimum absolute atomic E-state index is 0.0112. The first-order valence-corrected chi connectivity index (χ1v) is 5.19. The molecule has 92 valence electrons. The molecule has 0 aliphatic heterocycles. The lowest BCUT2D eigenvalue weighted by Gasteiger charge is -2.05. The number of carbonyl (C=O) groups excluding carboxylic acids is 1. The lowest BCUT2D eigenvalue weighted by molar-refractivity contribution is 0.0995. The molecule has 2 rings (SSSR count). The van der Waals surface area contributed by atoms with Crippen molar-refractivity contribution in [1.82, 2.24) is 9.97 Å². The first kappa shape index (κ1) is 11.8. The molecule has 0 bridgehead atoms. The van der Waals surface area contributed by atoms with Crippen molar-refractivity contribution in [1.29, 1.82) is 0 Å². The number of anilines is 1. The van der Waals surface area contributed by atoms with Gasteiger partial charge in [0, 0.05) is 5.56 Å². The second-order valence-corrected chi connectivity index (χ2v) is 3.59. The highest BCUT2D eigenvalue weighted by Gasteiger charge is 2.08. The van der Waals surface area contributed by atoms with Gasteiger partial charge in [-0.25, -0.2) is 9.97 Å². The molecule has 18 heavy (non-hydrogen) atoms. The van der Waals surface area contributed by atoms with Gasteiger partial charge < -0.3 is 16.2 Å². The molecule has 1 aromatic carbocycles. The number of methoxy groups -OCH3 is 1. The zero-order chi connectivity index (χ0) is 13.1. The van der Waals surface area contributed by atoms with E-state index in [4.69, 9.17) is 16.2 Å². The van der Waals surface area contributed by atoms with Crippen LogP contribution >= 0.6 is 0 Å². The van der Waals surface area contributed by atoms with E-state index in [2.05, 4.69) is 9.97 Å². The summed E-state index contributed by atoms with van der Waals surface area (Å²) in [5.74, 6) is 0.104. The molecule has 0 atom stereocenters. The smallest absolute Gasteiger partial charge is 0.267 e. The molecule has 0 aliphatic rings. The molecule has 6 nitrogen and oxygen atoms in total. The first-order valence-electron chi connectivity index (χ1n) is 5.19. The molecule has 6 heteroatoms. The van der Waals surface area contributed by atoms with E-state index in [1.807, 2.05) is 12.1 Å². The van der Waals surface area contributed by atoms with Crippen molar-refractivity contribution >= 4 is 11.9 Å². The molecule has 0 saturated carbocycles. The maximum atomic E-state index is 11.1. The van der Waals surface area contributed by atoms with Gasteiger partial charge in [-0.1, -0.05) is 0 Å². The highest BCUT2D eigenvalue weighted by Crippen LogP contribution is 2.21. The number of rotatable bonds is 3. The Morgan fingerprint density at radius 2 is 1.89 bits per heavy atom. The maximum Gasteiger partial charge on any atom is 0.267 e. The molecule has 2 aromatic rings. The Hall–Kier alpha value is -2.63.